The minimum Gasteiger partial charge on any atom is -0.507 e. The van der Waals surface area contributed by atoms with Crippen LogP contribution >= 0.6 is 0 Å². The minimum absolute atomic E-state index is 0.0296. The Morgan fingerprint density at radius 1 is 1.10 bits per heavy atom. The average Bonchev–Trinajstić information content (AvgIpc) is 2.88. The summed E-state index contributed by atoms with van der Waals surface area (Å²) in [5.41, 5.74) is 1.36. The van der Waals surface area contributed by atoms with Crippen molar-refractivity contribution in [2.45, 2.75) is 57.5 Å². The molecular formula is C22H27F3N4O2. The summed E-state index contributed by atoms with van der Waals surface area (Å²) >= 11 is 0. The van der Waals surface area contributed by atoms with Gasteiger partial charge in [0.25, 0.3) is 0 Å². The van der Waals surface area contributed by atoms with Crippen molar-refractivity contribution in [1.29, 1.82) is 0 Å². The maximum Gasteiger partial charge on any atom is 0.416 e. The summed E-state index contributed by atoms with van der Waals surface area (Å²) in [5.74, 6) is 0.233. The number of phenolic OH excluding ortho intramolecular Hbond substituents is 1. The van der Waals surface area contributed by atoms with Crippen molar-refractivity contribution in [3.05, 3.63) is 34.9 Å². The Bertz CT molecular complexity index is 967. The molecule has 2 aromatic rings. The first-order valence-electron chi connectivity index (χ1n) is 10.6. The van der Waals surface area contributed by atoms with E-state index in [0.717, 1.165) is 55.5 Å². The van der Waals surface area contributed by atoms with Crippen LogP contribution in [0.25, 0.3) is 11.3 Å². The Kier molecular flexibility index (Phi) is 5.83. The molecule has 1 saturated carbocycles. The number of aromatic nitrogens is 2. The van der Waals surface area contributed by atoms with Gasteiger partial charge in [0.1, 0.15) is 11.4 Å². The van der Waals surface area contributed by atoms with Crippen molar-refractivity contribution >= 4 is 5.82 Å². The molecule has 2 atom stereocenters. The van der Waals surface area contributed by atoms with Crippen molar-refractivity contribution in [2.75, 3.05) is 25.0 Å². The number of halogens is 3. The second-order valence-corrected chi connectivity index (χ2v) is 8.56. The zero-order chi connectivity index (χ0) is 22.3. The molecule has 4 rings (SSSR count). The summed E-state index contributed by atoms with van der Waals surface area (Å²) in [6.07, 6.45) is -1.26. The number of benzene rings is 1. The molecule has 6 nitrogen and oxygen atoms in total. The van der Waals surface area contributed by atoms with E-state index in [-0.39, 0.29) is 11.6 Å². The van der Waals surface area contributed by atoms with E-state index in [1.807, 2.05) is 14.0 Å². The third-order valence-corrected chi connectivity index (χ3v) is 6.42. The molecule has 2 N–H and O–H groups in total. The monoisotopic (exact) mass is 436 g/mol. The van der Waals surface area contributed by atoms with Crippen LogP contribution in [0.3, 0.4) is 0 Å². The number of phenols is 1. The number of likely N-dealkylation sites (N-methyl/N-ethyl adjacent to an activating group) is 1. The van der Waals surface area contributed by atoms with Gasteiger partial charge in [-0.05, 0) is 50.6 Å². The Labute approximate surface area is 179 Å². The van der Waals surface area contributed by atoms with Crippen LogP contribution in [0.5, 0.6) is 5.75 Å². The van der Waals surface area contributed by atoms with E-state index in [1.165, 1.54) is 6.07 Å². The van der Waals surface area contributed by atoms with Gasteiger partial charge in [-0.25, -0.2) is 0 Å². The van der Waals surface area contributed by atoms with E-state index in [0.29, 0.717) is 24.6 Å². The lowest BCUT2D eigenvalue weighted by atomic mass is 9.91. The molecule has 1 aliphatic heterocycles. The van der Waals surface area contributed by atoms with Crippen LogP contribution in [0.15, 0.2) is 18.2 Å². The predicted octanol–water partition coefficient (Wildman–Crippen LogP) is 3.73. The van der Waals surface area contributed by atoms with Gasteiger partial charge in [0.2, 0.25) is 0 Å². The lowest BCUT2D eigenvalue weighted by Crippen LogP contribution is -2.47. The van der Waals surface area contributed by atoms with Crippen molar-refractivity contribution in [2.24, 2.45) is 0 Å². The first kappa shape index (κ1) is 21.8. The lowest BCUT2D eigenvalue weighted by molar-refractivity contribution is -0.137. The number of alkyl halides is 3. The van der Waals surface area contributed by atoms with Crippen LogP contribution in [0.1, 0.15) is 42.4 Å². The van der Waals surface area contributed by atoms with E-state index in [4.69, 9.17) is 0 Å². The quantitative estimate of drug-likeness (QED) is 0.748. The fourth-order valence-electron chi connectivity index (χ4n) is 4.64. The summed E-state index contributed by atoms with van der Waals surface area (Å²) in [4.78, 5) is 4.29. The Morgan fingerprint density at radius 2 is 1.84 bits per heavy atom. The number of aliphatic hydroxyl groups is 1. The molecular weight excluding hydrogens is 409 g/mol. The van der Waals surface area contributed by atoms with Gasteiger partial charge in [-0.1, -0.05) is 12.8 Å². The zero-order valence-electron chi connectivity index (χ0n) is 17.7. The fraction of sp³-hybridized carbons (Fsp3) is 0.545. The zero-order valence-corrected chi connectivity index (χ0v) is 17.7. The molecule has 168 valence electrons. The van der Waals surface area contributed by atoms with E-state index in [9.17, 15) is 23.4 Å². The van der Waals surface area contributed by atoms with Gasteiger partial charge in [0.05, 0.1) is 17.7 Å². The van der Waals surface area contributed by atoms with Gasteiger partial charge in [-0.15, -0.1) is 10.2 Å². The third kappa shape index (κ3) is 4.21. The molecule has 1 aromatic carbocycles. The highest BCUT2D eigenvalue weighted by molar-refractivity contribution is 5.72. The van der Waals surface area contributed by atoms with Gasteiger partial charge < -0.3 is 20.0 Å². The Hall–Kier alpha value is -2.39. The maximum atomic E-state index is 13.0. The number of fused-ring (bicyclic) bond motifs is 1. The first-order chi connectivity index (χ1) is 14.7. The number of aromatic hydroxyl groups is 1. The highest BCUT2D eigenvalue weighted by Gasteiger charge is 2.34. The Balaban J connectivity index is 1.77. The molecule has 1 aliphatic carbocycles. The molecule has 0 radical (unpaired) electrons. The Morgan fingerprint density at radius 3 is 2.52 bits per heavy atom. The van der Waals surface area contributed by atoms with Crippen LogP contribution in [-0.2, 0) is 12.7 Å². The second-order valence-electron chi connectivity index (χ2n) is 8.56. The molecule has 1 aromatic heterocycles. The number of aliphatic hydroxyl groups excluding tert-OH is 1. The van der Waals surface area contributed by atoms with Crippen molar-refractivity contribution < 1.29 is 23.4 Å². The summed E-state index contributed by atoms with van der Waals surface area (Å²) in [6.45, 7) is 3.96. The molecule has 0 spiro atoms. The summed E-state index contributed by atoms with van der Waals surface area (Å²) in [5, 5.41) is 29.7. The van der Waals surface area contributed by atoms with Gasteiger partial charge in [0.15, 0.2) is 5.82 Å². The third-order valence-electron chi connectivity index (χ3n) is 6.42. The number of anilines is 1. The van der Waals surface area contributed by atoms with E-state index < -0.39 is 23.6 Å². The lowest BCUT2D eigenvalue weighted by Gasteiger charge is -2.38. The minimum atomic E-state index is -4.53. The van der Waals surface area contributed by atoms with E-state index >= 15 is 0 Å². The molecule has 0 saturated heterocycles. The summed E-state index contributed by atoms with van der Waals surface area (Å²) in [7, 11) is 2.00. The van der Waals surface area contributed by atoms with Crippen molar-refractivity contribution in [1.82, 2.24) is 15.1 Å². The van der Waals surface area contributed by atoms with E-state index in [1.54, 1.807) is 0 Å². The van der Waals surface area contributed by atoms with Gasteiger partial charge >= 0.3 is 6.18 Å². The van der Waals surface area contributed by atoms with Gasteiger partial charge in [-0.2, -0.15) is 13.2 Å². The molecule has 0 bridgehead atoms. The molecule has 31 heavy (non-hydrogen) atoms. The van der Waals surface area contributed by atoms with Gasteiger partial charge in [-0.3, -0.25) is 0 Å². The molecule has 2 aliphatic rings. The topological polar surface area (TPSA) is 72.7 Å². The predicted molar refractivity (Wildman–Crippen MR) is 111 cm³/mol. The number of hydrogen-bond acceptors (Lipinski definition) is 6. The first-order valence-corrected chi connectivity index (χ1v) is 10.6. The van der Waals surface area contributed by atoms with Crippen LogP contribution in [-0.4, -0.2) is 57.6 Å². The maximum absolute atomic E-state index is 13.0. The summed E-state index contributed by atoms with van der Waals surface area (Å²) < 4.78 is 38.9. The van der Waals surface area contributed by atoms with E-state index in [2.05, 4.69) is 20.0 Å². The highest BCUT2D eigenvalue weighted by atomic mass is 19.4. The average molecular weight is 436 g/mol. The highest BCUT2D eigenvalue weighted by Crippen LogP contribution is 2.39. The standard InChI is InChI=1S/C22H27F3N4O2/c1-13-16-12-28(2)9-10-29(17-5-3-4-6-18(17)30)21(16)27-26-20(13)15-8-7-14(11-19(15)31)22(23,24)25/h7-8,11,17-18,30-31H,3-6,9-10,12H2,1-2H3/t17-,18-/m1/s1. The number of nitrogens with zero attached hydrogens (tertiary/aromatic N) is 4. The fourth-order valence-corrected chi connectivity index (χ4v) is 4.64. The van der Waals surface area contributed by atoms with Crippen LogP contribution in [0.2, 0.25) is 0 Å². The number of rotatable bonds is 2. The van der Waals surface area contributed by atoms with Crippen LogP contribution in [0, 0.1) is 6.92 Å². The molecule has 9 heteroatoms. The summed E-state index contributed by atoms with van der Waals surface area (Å²) in [6, 6.07) is 2.88. The van der Waals surface area contributed by atoms with Gasteiger partial charge in [0, 0.05) is 30.8 Å². The SMILES string of the molecule is Cc1c(-c2ccc(C(F)(F)F)cc2O)nnc2c1CN(C)CCN2[C@@H]1CCCC[C@H]1O. The molecule has 0 amide bonds. The number of hydrogen-bond donors (Lipinski definition) is 2. The largest absolute Gasteiger partial charge is 0.507 e. The smallest absolute Gasteiger partial charge is 0.416 e. The molecule has 2 heterocycles. The van der Waals surface area contributed by atoms with Crippen molar-refractivity contribution in [3.63, 3.8) is 0 Å². The second kappa shape index (κ2) is 8.27. The van der Waals surface area contributed by atoms with Crippen molar-refractivity contribution in [3.8, 4) is 17.0 Å². The normalized spacial score (nSPS) is 22.8. The van der Waals surface area contributed by atoms with Crippen LogP contribution < -0.4 is 4.90 Å². The molecule has 0 unspecified atom stereocenters. The molecule has 1 fully saturated rings. The van der Waals surface area contributed by atoms with Crippen LogP contribution in [0.4, 0.5) is 19.0 Å².